The van der Waals surface area contributed by atoms with Crippen molar-refractivity contribution in [2.45, 2.75) is 53.1 Å². The molecule has 0 heterocycles. The molecule has 1 unspecified atom stereocenters. The Morgan fingerprint density at radius 2 is 1.71 bits per heavy atom. The van der Waals surface area contributed by atoms with Gasteiger partial charge in [-0.2, -0.15) is 0 Å². The molecule has 0 aliphatic rings. The van der Waals surface area contributed by atoms with Crippen molar-refractivity contribution < 1.29 is 14.5 Å². The second kappa shape index (κ2) is 8.83. The van der Waals surface area contributed by atoms with Gasteiger partial charge in [0.15, 0.2) is 13.1 Å². The number of para-hydroxylation sites is 1. The molecule has 0 saturated heterocycles. The fraction of sp³-hybridized carbons (Fsp3) is 0.579. The van der Waals surface area contributed by atoms with Crippen LogP contribution in [0, 0.1) is 0 Å². The molecule has 24 heavy (non-hydrogen) atoms. The number of amides is 2. The number of nitrogens with one attached hydrogen (secondary N) is 2. The third-order valence-corrected chi connectivity index (χ3v) is 3.65. The molecule has 5 heteroatoms. The molecule has 0 spiro atoms. The predicted octanol–water partition coefficient (Wildman–Crippen LogP) is 1.25. The Bertz CT molecular complexity index is 535. The lowest BCUT2D eigenvalue weighted by molar-refractivity contribution is -0.881. The fourth-order valence-corrected chi connectivity index (χ4v) is 2.62. The molecular weight excluding hydrogens is 302 g/mol. The zero-order valence-corrected chi connectivity index (χ0v) is 15.8. The van der Waals surface area contributed by atoms with E-state index in [-0.39, 0.29) is 23.4 Å². The van der Waals surface area contributed by atoms with E-state index in [1.807, 2.05) is 71.9 Å². The van der Waals surface area contributed by atoms with Crippen LogP contribution in [0.1, 0.15) is 41.5 Å². The minimum atomic E-state index is -0.256. The smallest absolute Gasteiger partial charge is 0.282 e. The van der Waals surface area contributed by atoms with Gasteiger partial charge in [-0.1, -0.05) is 18.2 Å². The minimum absolute atomic E-state index is 0.0250. The molecule has 0 aliphatic heterocycles. The monoisotopic (exact) mass is 334 g/mol. The summed E-state index contributed by atoms with van der Waals surface area (Å²) in [6.45, 7) is 13.2. The van der Waals surface area contributed by atoms with E-state index < -0.39 is 0 Å². The number of hydrogen-bond donors (Lipinski definition) is 2. The molecule has 1 aromatic rings. The van der Waals surface area contributed by atoms with Crippen LogP contribution in [0.3, 0.4) is 0 Å². The quantitative estimate of drug-likeness (QED) is 0.788. The van der Waals surface area contributed by atoms with Gasteiger partial charge in [0.25, 0.3) is 11.8 Å². The van der Waals surface area contributed by atoms with Crippen LogP contribution in [0.4, 0.5) is 5.69 Å². The third-order valence-electron chi connectivity index (χ3n) is 3.65. The van der Waals surface area contributed by atoms with Crippen LogP contribution in [0.15, 0.2) is 30.3 Å². The summed E-state index contributed by atoms with van der Waals surface area (Å²) >= 11 is 0. The molecule has 0 fully saturated rings. The van der Waals surface area contributed by atoms with Crippen LogP contribution in [0.5, 0.6) is 0 Å². The predicted molar refractivity (Wildman–Crippen MR) is 98.2 cm³/mol. The highest BCUT2D eigenvalue weighted by Gasteiger charge is 2.25. The first-order valence-corrected chi connectivity index (χ1v) is 8.65. The van der Waals surface area contributed by atoms with Gasteiger partial charge < -0.3 is 15.1 Å². The van der Waals surface area contributed by atoms with Gasteiger partial charge in [-0.05, 0) is 53.7 Å². The van der Waals surface area contributed by atoms with Crippen LogP contribution >= 0.6 is 0 Å². The molecule has 2 N–H and O–H groups in total. The summed E-state index contributed by atoms with van der Waals surface area (Å²) in [7, 11) is 0. The van der Waals surface area contributed by atoms with E-state index in [4.69, 9.17) is 0 Å². The Balaban J connectivity index is 2.76. The second-order valence-corrected chi connectivity index (χ2v) is 7.45. The van der Waals surface area contributed by atoms with Crippen molar-refractivity contribution in [3.05, 3.63) is 30.3 Å². The van der Waals surface area contributed by atoms with Crippen LogP contribution in [0.25, 0.3) is 0 Å². The summed E-state index contributed by atoms with van der Waals surface area (Å²) in [5, 5.41) is 2.96. The summed E-state index contributed by atoms with van der Waals surface area (Å²) in [4.78, 5) is 27.7. The lowest BCUT2D eigenvalue weighted by atomic mass is 10.1. The molecule has 134 valence electrons. The number of carbonyl (C=O) groups is 2. The summed E-state index contributed by atoms with van der Waals surface area (Å²) in [6, 6.07) is 9.75. The zero-order chi connectivity index (χ0) is 18.3. The van der Waals surface area contributed by atoms with Gasteiger partial charge in [0.2, 0.25) is 0 Å². The first kappa shape index (κ1) is 20.2. The van der Waals surface area contributed by atoms with Crippen molar-refractivity contribution in [3.63, 3.8) is 0 Å². The molecule has 1 rings (SSSR count). The maximum absolute atomic E-state index is 12.8. The number of likely N-dealkylation sites (N-methyl/N-ethyl adjacent to an activating group) is 1. The number of anilines is 1. The SMILES string of the molecule is CC[NH+](CC(=O)NC(C)(C)C)CC(=O)N(c1ccccc1)C(C)C. The lowest BCUT2D eigenvalue weighted by Crippen LogP contribution is -3.14. The number of carbonyl (C=O) groups excluding carboxylic acids is 2. The molecule has 0 aliphatic carbocycles. The highest BCUT2D eigenvalue weighted by molar-refractivity contribution is 5.94. The molecule has 0 aromatic heterocycles. The lowest BCUT2D eigenvalue weighted by Gasteiger charge is -2.29. The summed E-state index contributed by atoms with van der Waals surface area (Å²) in [6.07, 6.45) is 0. The number of nitrogens with zero attached hydrogens (tertiary/aromatic N) is 1. The van der Waals surface area contributed by atoms with Gasteiger partial charge >= 0.3 is 0 Å². The number of quaternary nitrogens is 1. The highest BCUT2D eigenvalue weighted by atomic mass is 16.2. The van der Waals surface area contributed by atoms with Gasteiger partial charge in [-0.25, -0.2) is 0 Å². The molecule has 1 aromatic carbocycles. The van der Waals surface area contributed by atoms with Gasteiger partial charge in [-0.15, -0.1) is 0 Å². The maximum Gasteiger partial charge on any atom is 0.282 e. The Kier molecular flexibility index (Phi) is 7.42. The standard InChI is InChI=1S/C19H31N3O2/c1-7-21(13-17(23)20-19(4,5)6)14-18(24)22(15(2)3)16-11-9-8-10-12-16/h8-12,15H,7,13-14H2,1-6H3,(H,20,23)/p+1. The largest absolute Gasteiger partial charge is 0.347 e. The van der Waals surface area contributed by atoms with E-state index in [1.165, 1.54) is 0 Å². The van der Waals surface area contributed by atoms with E-state index >= 15 is 0 Å². The van der Waals surface area contributed by atoms with Crippen LogP contribution in [-0.2, 0) is 9.59 Å². The minimum Gasteiger partial charge on any atom is -0.347 e. The van der Waals surface area contributed by atoms with Crippen LogP contribution in [-0.4, -0.2) is 43.0 Å². The van der Waals surface area contributed by atoms with Gasteiger partial charge in [-0.3, -0.25) is 9.59 Å². The summed E-state index contributed by atoms with van der Waals surface area (Å²) in [5.41, 5.74) is 0.639. The molecule has 2 amide bonds. The van der Waals surface area contributed by atoms with Crippen LogP contribution in [0.2, 0.25) is 0 Å². The van der Waals surface area contributed by atoms with E-state index in [2.05, 4.69) is 5.32 Å². The molecule has 0 saturated carbocycles. The van der Waals surface area contributed by atoms with Crippen molar-refractivity contribution >= 4 is 17.5 Å². The van der Waals surface area contributed by atoms with E-state index in [1.54, 1.807) is 4.90 Å². The van der Waals surface area contributed by atoms with Crippen molar-refractivity contribution in [2.24, 2.45) is 0 Å². The first-order chi connectivity index (χ1) is 11.1. The highest BCUT2D eigenvalue weighted by Crippen LogP contribution is 2.16. The first-order valence-electron chi connectivity index (χ1n) is 8.65. The molecule has 0 radical (unpaired) electrons. The van der Waals surface area contributed by atoms with Crippen molar-refractivity contribution in [3.8, 4) is 0 Å². The zero-order valence-electron chi connectivity index (χ0n) is 15.8. The maximum atomic E-state index is 12.8. The number of hydrogen-bond acceptors (Lipinski definition) is 2. The average Bonchev–Trinajstić information content (AvgIpc) is 2.45. The Morgan fingerprint density at radius 3 is 2.17 bits per heavy atom. The summed E-state index contributed by atoms with van der Waals surface area (Å²) in [5.74, 6) is 0.0135. The fourth-order valence-electron chi connectivity index (χ4n) is 2.62. The Labute approximate surface area is 146 Å². The molecule has 0 bridgehead atoms. The van der Waals surface area contributed by atoms with E-state index in [9.17, 15) is 9.59 Å². The third kappa shape index (κ3) is 6.71. The second-order valence-electron chi connectivity index (χ2n) is 7.45. The van der Waals surface area contributed by atoms with E-state index in [0.29, 0.717) is 13.1 Å². The Morgan fingerprint density at radius 1 is 1.12 bits per heavy atom. The average molecular weight is 334 g/mol. The number of benzene rings is 1. The molecular formula is C19H32N3O2+. The number of rotatable bonds is 7. The van der Waals surface area contributed by atoms with Gasteiger partial charge in [0.05, 0.1) is 6.54 Å². The van der Waals surface area contributed by atoms with E-state index in [0.717, 1.165) is 17.1 Å². The van der Waals surface area contributed by atoms with Gasteiger partial charge in [0, 0.05) is 17.3 Å². The molecule has 1 atom stereocenters. The molecule has 5 nitrogen and oxygen atoms in total. The van der Waals surface area contributed by atoms with Gasteiger partial charge in [0.1, 0.15) is 0 Å². The van der Waals surface area contributed by atoms with Crippen molar-refractivity contribution in [1.29, 1.82) is 0 Å². The Hall–Kier alpha value is -1.88. The van der Waals surface area contributed by atoms with Crippen molar-refractivity contribution in [2.75, 3.05) is 24.5 Å². The topological polar surface area (TPSA) is 53.9 Å². The van der Waals surface area contributed by atoms with Crippen LogP contribution < -0.4 is 15.1 Å². The summed E-state index contributed by atoms with van der Waals surface area (Å²) < 4.78 is 0. The van der Waals surface area contributed by atoms with Crippen molar-refractivity contribution in [1.82, 2.24) is 5.32 Å². The normalized spacial score (nSPS) is 12.8.